The minimum atomic E-state index is 0.00866. The molecule has 72 valence electrons. The summed E-state index contributed by atoms with van der Waals surface area (Å²) in [6.07, 6.45) is 0. The molecule has 0 fully saturated rings. The Balaban J connectivity index is 2.37. The van der Waals surface area contributed by atoms with Crippen molar-refractivity contribution in [3.63, 3.8) is 0 Å². The van der Waals surface area contributed by atoms with Crippen LogP contribution < -0.4 is 5.73 Å². The molecule has 2 rings (SSSR count). The normalized spacial score (nSPS) is 12.7. The first-order chi connectivity index (χ1) is 6.79. The van der Waals surface area contributed by atoms with Crippen LogP contribution >= 0.6 is 33.9 Å². The summed E-state index contributed by atoms with van der Waals surface area (Å²) in [4.78, 5) is 0. The molecule has 0 radical (unpaired) electrons. The molecular weight excluding hydrogens is 305 g/mol. The molecule has 0 saturated heterocycles. The smallest absolute Gasteiger partial charge is 0.0570 e. The fourth-order valence-electron chi connectivity index (χ4n) is 1.36. The predicted octanol–water partition coefficient (Wildman–Crippen LogP) is 3.40. The Morgan fingerprint density at radius 3 is 2.64 bits per heavy atom. The third kappa shape index (κ3) is 1.99. The third-order valence-corrected chi connectivity index (χ3v) is 3.83. The van der Waals surface area contributed by atoms with Crippen molar-refractivity contribution in [3.05, 3.63) is 55.8 Å². The molecule has 0 spiro atoms. The molecule has 0 saturated carbocycles. The lowest BCUT2D eigenvalue weighted by Gasteiger charge is -2.11. The minimum Gasteiger partial charge on any atom is -0.320 e. The maximum Gasteiger partial charge on any atom is 0.0570 e. The average molecular weight is 315 g/mol. The van der Waals surface area contributed by atoms with Crippen LogP contribution in [0.5, 0.6) is 0 Å². The highest BCUT2D eigenvalue weighted by Crippen LogP contribution is 2.25. The zero-order valence-electron chi connectivity index (χ0n) is 7.48. The lowest BCUT2D eigenvalue weighted by Crippen LogP contribution is -2.12. The lowest BCUT2D eigenvalue weighted by atomic mass is 10.0. The summed E-state index contributed by atoms with van der Waals surface area (Å²) < 4.78 is 1.23. The molecule has 0 aliphatic rings. The van der Waals surface area contributed by atoms with E-state index in [-0.39, 0.29) is 6.04 Å². The van der Waals surface area contributed by atoms with E-state index in [0.717, 1.165) is 0 Å². The van der Waals surface area contributed by atoms with Gasteiger partial charge in [0.2, 0.25) is 0 Å². The van der Waals surface area contributed by atoms with Crippen LogP contribution in [0.25, 0.3) is 0 Å². The monoisotopic (exact) mass is 315 g/mol. The predicted molar refractivity (Wildman–Crippen MR) is 69.5 cm³/mol. The number of hydrogen-bond donors (Lipinski definition) is 1. The Hall–Kier alpha value is -0.390. The van der Waals surface area contributed by atoms with Gasteiger partial charge in [0.1, 0.15) is 0 Å². The van der Waals surface area contributed by atoms with E-state index in [0.29, 0.717) is 0 Å². The SMILES string of the molecule is N[C@@H](c1ccsc1)c1ccccc1I. The van der Waals surface area contributed by atoms with Gasteiger partial charge >= 0.3 is 0 Å². The molecule has 0 amide bonds. The van der Waals surface area contributed by atoms with Crippen LogP contribution in [0.1, 0.15) is 17.2 Å². The number of halogens is 1. The number of hydrogen-bond acceptors (Lipinski definition) is 2. The van der Waals surface area contributed by atoms with Gasteiger partial charge in [-0.05, 0) is 56.6 Å². The topological polar surface area (TPSA) is 26.0 Å². The van der Waals surface area contributed by atoms with Crippen LogP contribution in [0.2, 0.25) is 0 Å². The molecule has 3 heteroatoms. The Bertz CT molecular complexity index is 411. The van der Waals surface area contributed by atoms with E-state index in [1.54, 1.807) is 11.3 Å². The summed E-state index contributed by atoms with van der Waals surface area (Å²) >= 11 is 4.01. The lowest BCUT2D eigenvalue weighted by molar-refractivity contribution is 0.870. The Morgan fingerprint density at radius 1 is 1.21 bits per heavy atom. The van der Waals surface area contributed by atoms with Gasteiger partial charge in [0.05, 0.1) is 6.04 Å². The first-order valence-corrected chi connectivity index (χ1v) is 6.33. The summed E-state index contributed by atoms with van der Waals surface area (Å²) in [5.74, 6) is 0. The van der Waals surface area contributed by atoms with Gasteiger partial charge in [0.25, 0.3) is 0 Å². The van der Waals surface area contributed by atoms with Crippen molar-refractivity contribution in [2.45, 2.75) is 6.04 Å². The average Bonchev–Trinajstić information content (AvgIpc) is 2.70. The molecule has 1 aromatic heterocycles. The van der Waals surface area contributed by atoms with Crippen LogP contribution in [0, 0.1) is 3.57 Å². The summed E-state index contributed by atoms with van der Waals surface area (Å²) in [6.45, 7) is 0. The van der Waals surface area contributed by atoms with Crippen LogP contribution in [0.15, 0.2) is 41.1 Å². The molecule has 1 atom stereocenters. The number of benzene rings is 1. The number of nitrogens with two attached hydrogens (primary N) is 1. The fraction of sp³-hybridized carbons (Fsp3) is 0.0909. The maximum absolute atomic E-state index is 6.16. The number of rotatable bonds is 2. The quantitative estimate of drug-likeness (QED) is 0.845. The van der Waals surface area contributed by atoms with E-state index in [1.165, 1.54) is 14.7 Å². The summed E-state index contributed by atoms with van der Waals surface area (Å²) in [7, 11) is 0. The zero-order chi connectivity index (χ0) is 9.97. The summed E-state index contributed by atoms with van der Waals surface area (Å²) in [5, 5.41) is 4.17. The van der Waals surface area contributed by atoms with Gasteiger partial charge in [-0.25, -0.2) is 0 Å². The van der Waals surface area contributed by atoms with Crippen LogP contribution in [-0.2, 0) is 0 Å². The van der Waals surface area contributed by atoms with Gasteiger partial charge < -0.3 is 5.73 Å². The van der Waals surface area contributed by atoms with Crippen molar-refractivity contribution >= 4 is 33.9 Å². The van der Waals surface area contributed by atoms with Crippen molar-refractivity contribution in [2.75, 3.05) is 0 Å². The van der Waals surface area contributed by atoms with Crippen molar-refractivity contribution in [1.29, 1.82) is 0 Å². The Morgan fingerprint density at radius 2 is 2.00 bits per heavy atom. The highest BCUT2D eigenvalue weighted by Gasteiger charge is 2.11. The van der Waals surface area contributed by atoms with Gasteiger partial charge in [0, 0.05) is 3.57 Å². The second kappa shape index (κ2) is 4.42. The van der Waals surface area contributed by atoms with Gasteiger partial charge in [-0.1, -0.05) is 18.2 Å². The van der Waals surface area contributed by atoms with E-state index in [2.05, 4.69) is 51.6 Å². The Kier molecular flexibility index (Phi) is 3.20. The highest BCUT2D eigenvalue weighted by molar-refractivity contribution is 14.1. The molecule has 2 N–H and O–H groups in total. The maximum atomic E-state index is 6.16. The van der Waals surface area contributed by atoms with Gasteiger partial charge in [-0.2, -0.15) is 11.3 Å². The van der Waals surface area contributed by atoms with Crippen LogP contribution in [0.4, 0.5) is 0 Å². The fourth-order valence-corrected chi connectivity index (χ4v) is 2.78. The Labute approximate surface area is 101 Å². The van der Waals surface area contributed by atoms with Crippen molar-refractivity contribution in [1.82, 2.24) is 0 Å². The molecule has 1 nitrogen and oxygen atoms in total. The molecule has 14 heavy (non-hydrogen) atoms. The second-order valence-corrected chi connectivity index (χ2v) is 5.00. The molecule has 0 unspecified atom stereocenters. The van der Waals surface area contributed by atoms with Gasteiger partial charge in [-0.3, -0.25) is 0 Å². The standard InChI is InChI=1S/C11H10INS/c12-10-4-2-1-3-9(10)11(13)8-5-6-14-7-8/h1-7,11H,13H2/t11-/m0/s1. The molecule has 0 bridgehead atoms. The van der Waals surface area contributed by atoms with Crippen LogP contribution in [0.3, 0.4) is 0 Å². The molecule has 0 aliphatic carbocycles. The van der Waals surface area contributed by atoms with E-state index in [4.69, 9.17) is 5.73 Å². The van der Waals surface area contributed by atoms with Gasteiger partial charge in [-0.15, -0.1) is 0 Å². The minimum absolute atomic E-state index is 0.00866. The largest absolute Gasteiger partial charge is 0.320 e. The van der Waals surface area contributed by atoms with E-state index < -0.39 is 0 Å². The first-order valence-electron chi connectivity index (χ1n) is 4.31. The van der Waals surface area contributed by atoms with Crippen molar-refractivity contribution < 1.29 is 0 Å². The summed E-state index contributed by atoms with van der Waals surface area (Å²) in [5.41, 5.74) is 8.56. The molecule has 1 heterocycles. The van der Waals surface area contributed by atoms with E-state index in [1.807, 2.05) is 12.1 Å². The first kappa shape index (κ1) is 10.1. The zero-order valence-corrected chi connectivity index (χ0v) is 10.5. The van der Waals surface area contributed by atoms with Gasteiger partial charge in [0.15, 0.2) is 0 Å². The molecule has 2 aromatic rings. The summed E-state index contributed by atoms with van der Waals surface area (Å²) in [6, 6.07) is 10.3. The number of thiophene rings is 1. The van der Waals surface area contributed by atoms with E-state index >= 15 is 0 Å². The van der Waals surface area contributed by atoms with Crippen molar-refractivity contribution in [3.8, 4) is 0 Å². The van der Waals surface area contributed by atoms with Crippen molar-refractivity contribution in [2.24, 2.45) is 5.73 Å². The molecule has 1 aromatic carbocycles. The second-order valence-electron chi connectivity index (χ2n) is 3.06. The molecular formula is C11H10INS. The molecule has 0 aliphatic heterocycles. The highest BCUT2D eigenvalue weighted by atomic mass is 127. The third-order valence-electron chi connectivity index (χ3n) is 2.14. The van der Waals surface area contributed by atoms with E-state index in [9.17, 15) is 0 Å². The van der Waals surface area contributed by atoms with Crippen LogP contribution in [-0.4, -0.2) is 0 Å².